The molecule has 21 heavy (non-hydrogen) atoms. The van der Waals surface area contributed by atoms with Crippen LogP contribution in [0.4, 0.5) is 11.4 Å². The minimum absolute atomic E-state index is 0.0877. The summed E-state index contributed by atoms with van der Waals surface area (Å²) in [5.74, 6) is -0.0877. The Kier molecular flexibility index (Phi) is 5.48. The lowest BCUT2D eigenvalue weighted by Gasteiger charge is -2.10. The van der Waals surface area contributed by atoms with Crippen LogP contribution in [0.2, 0.25) is 10.0 Å². The lowest BCUT2D eigenvalue weighted by Crippen LogP contribution is -2.16. The zero-order valence-electron chi connectivity index (χ0n) is 11.6. The maximum absolute atomic E-state index is 11.9. The van der Waals surface area contributed by atoms with Gasteiger partial charge in [0.25, 0.3) is 0 Å². The minimum atomic E-state index is -0.0877. The molecule has 0 aliphatic heterocycles. The van der Waals surface area contributed by atoms with Crippen molar-refractivity contribution in [3.63, 3.8) is 0 Å². The number of hydrogen-bond donors (Lipinski definition) is 2. The second kappa shape index (κ2) is 7.34. The van der Waals surface area contributed by atoms with Gasteiger partial charge >= 0.3 is 0 Å². The van der Waals surface area contributed by atoms with Gasteiger partial charge in [0.15, 0.2) is 0 Å². The Labute approximate surface area is 134 Å². The first kappa shape index (κ1) is 15.7. The molecule has 3 nitrogen and oxygen atoms in total. The second-order valence-corrected chi connectivity index (χ2v) is 5.51. The number of hydrogen-bond acceptors (Lipinski definition) is 2. The van der Waals surface area contributed by atoms with Gasteiger partial charge in [0, 0.05) is 23.7 Å². The number of aryl methyl sites for hydroxylation is 1. The van der Waals surface area contributed by atoms with Crippen molar-refractivity contribution in [3.8, 4) is 0 Å². The monoisotopic (exact) mass is 322 g/mol. The van der Waals surface area contributed by atoms with E-state index in [-0.39, 0.29) is 5.91 Å². The van der Waals surface area contributed by atoms with Crippen LogP contribution in [0.3, 0.4) is 0 Å². The largest absolute Gasteiger partial charge is 0.384 e. The molecule has 0 heterocycles. The van der Waals surface area contributed by atoms with Gasteiger partial charge in [0.05, 0.1) is 10.7 Å². The fourth-order valence-electron chi connectivity index (χ4n) is 1.87. The number of benzene rings is 2. The van der Waals surface area contributed by atoms with Crippen molar-refractivity contribution < 1.29 is 4.79 Å². The van der Waals surface area contributed by atoms with E-state index in [1.165, 1.54) is 0 Å². The Morgan fingerprint density at radius 3 is 2.62 bits per heavy atom. The standard InChI is InChI=1S/C16H16Cl2N2O/c1-11-6-7-12(17)10-15(11)19-9-8-16(21)20-14-5-3-2-4-13(14)18/h2-7,10,19H,8-9H2,1H3,(H,20,21). The molecule has 0 spiro atoms. The highest BCUT2D eigenvalue weighted by molar-refractivity contribution is 6.33. The smallest absolute Gasteiger partial charge is 0.226 e. The molecular formula is C16H16Cl2N2O. The Hall–Kier alpha value is -1.71. The van der Waals surface area contributed by atoms with Crippen LogP contribution in [0.25, 0.3) is 0 Å². The van der Waals surface area contributed by atoms with Gasteiger partial charge in [-0.2, -0.15) is 0 Å². The van der Waals surface area contributed by atoms with E-state index in [2.05, 4.69) is 10.6 Å². The molecular weight excluding hydrogens is 307 g/mol. The topological polar surface area (TPSA) is 41.1 Å². The fraction of sp³-hybridized carbons (Fsp3) is 0.188. The van der Waals surface area contributed by atoms with Crippen LogP contribution in [0.15, 0.2) is 42.5 Å². The second-order valence-electron chi connectivity index (χ2n) is 4.66. The molecule has 0 atom stereocenters. The molecule has 0 fully saturated rings. The highest BCUT2D eigenvalue weighted by Crippen LogP contribution is 2.21. The van der Waals surface area contributed by atoms with Crippen molar-refractivity contribution in [3.05, 3.63) is 58.1 Å². The van der Waals surface area contributed by atoms with E-state index >= 15 is 0 Å². The summed E-state index contributed by atoms with van der Waals surface area (Å²) in [6.07, 6.45) is 0.344. The Morgan fingerprint density at radius 1 is 1.10 bits per heavy atom. The number of carbonyl (C=O) groups excluding carboxylic acids is 1. The van der Waals surface area contributed by atoms with E-state index in [4.69, 9.17) is 23.2 Å². The molecule has 2 N–H and O–H groups in total. The van der Waals surface area contributed by atoms with Gasteiger partial charge in [0.2, 0.25) is 5.91 Å². The van der Waals surface area contributed by atoms with E-state index in [1.807, 2.05) is 37.3 Å². The summed E-state index contributed by atoms with van der Waals surface area (Å²) in [5, 5.41) is 7.19. The van der Waals surface area contributed by atoms with Gasteiger partial charge < -0.3 is 10.6 Å². The minimum Gasteiger partial charge on any atom is -0.384 e. The number of carbonyl (C=O) groups is 1. The van der Waals surface area contributed by atoms with Crippen LogP contribution in [0.1, 0.15) is 12.0 Å². The van der Waals surface area contributed by atoms with Crippen LogP contribution in [0.5, 0.6) is 0 Å². The van der Waals surface area contributed by atoms with Gasteiger partial charge in [-0.25, -0.2) is 0 Å². The highest BCUT2D eigenvalue weighted by atomic mass is 35.5. The predicted molar refractivity (Wildman–Crippen MR) is 89.4 cm³/mol. The number of halogens is 2. The molecule has 0 aliphatic carbocycles. The third-order valence-corrected chi connectivity index (χ3v) is 3.58. The average molecular weight is 323 g/mol. The zero-order chi connectivity index (χ0) is 15.2. The molecule has 0 bridgehead atoms. The summed E-state index contributed by atoms with van der Waals surface area (Å²) >= 11 is 11.9. The van der Waals surface area contributed by atoms with E-state index in [0.29, 0.717) is 28.7 Å². The van der Waals surface area contributed by atoms with Crippen molar-refractivity contribution in [2.45, 2.75) is 13.3 Å². The highest BCUT2D eigenvalue weighted by Gasteiger charge is 2.05. The van der Waals surface area contributed by atoms with Crippen molar-refractivity contribution in [1.29, 1.82) is 0 Å². The Bertz CT molecular complexity index is 644. The number of para-hydroxylation sites is 1. The molecule has 0 aromatic heterocycles. The number of anilines is 2. The number of rotatable bonds is 5. The van der Waals surface area contributed by atoms with Crippen LogP contribution in [-0.4, -0.2) is 12.5 Å². The molecule has 0 aliphatic rings. The van der Waals surface area contributed by atoms with Gasteiger partial charge in [0.1, 0.15) is 0 Å². The van der Waals surface area contributed by atoms with Gasteiger partial charge in [-0.15, -0.1) is 0 Å². The van der Waals surface area contributed by atoms with E-state index in [0.717, 1.165) is 11.3 Å². The summed E-state index contributed by atoms with van der Waals surface area (Å²) in [6, 6.07) is 12.8. The van der Waals surface area contributed by atoms with Crippen LogP contribution in [-0.2, 0) is 4.79 Å². The molecule has 0 unspecified atom stereocenters. The molecule has 110 valence electrons. The van der Waals surface area contributed by atoms with Crippen molar-refractivity contribution >= 4 is 40.5 Å². The molecule has 1 amide bonds. The summed E-state index contributed by atoms with van der Waals surface area (Å²) in [4.78, 5) is 11.9. The third kappa shape index (κ3) is 4.66. The average Bonchev–Trinajstić information content (AvgIpc) is 2.45. The van der Waals surface area contributed by atoms with E-state index in [1.54, 1.807) is 12.1 Å². The quantitative estimate of drug-likeness (QED) is 0.834. The fourth-order valence-corrected chi connectivity index (χ4v) is 2.23. The molecule has 2 aromatic carbocycles. The van der Waals surface area contributed by atoms with Crippen molar-refractivity contribution in [2.75, 3.05) is 17.2 Å². The van der Waals surface area contributed by atoms with Crippen LogP contribution < -0.4 is 10.6 Å². The maximum atomic E-state index is 11.9. The van der Waals surface area contributed by atoms with Crippen LogP contribution in [0, 0.1) is 6.92 Å². The first-order valence-corrected chi connectivity index (χ1v) is 7.36. The Balaban J connectivity index is 1.85. The SMILES string of the molecule is Cc1ccc(Cl)cc1NCCC(=O)Nc1ccccc1Cl. The molecule has 2 rings (SSSR count). The van der Waals surface area contributed by atoms with E-state index < -0.39 is 0 Å². The molecule has 0 saturated carbocycles. The van der Waals surface area contributed by atoms with E-state index in [9.17, 15) is 4.79 Å². The Morgan fingerprint density at radius 2 is 1.86 bits per heavy atom. The predicted octanol–water partition coefficient (Wildman–Crippen LogP) is 4.74. The molecule has 0 radical (unpaired) electrons. The van der Waals surface area contributed by atoms with Gasteiger partial charge in [-0.05, 0) is 36.8 Å². The van der Waals surface area contributed by atoms with Crippen LogP contribution >= 0.6 is 23.2 Å². The summed E-state index contributed by atoms with van der Waals surface area (Å²) in [6.45, 7) is 2.51. The molecule has 2 aromatic rings. The molecule has 0 saturated heterocycles. The van der Waals surface area contributed by atoms with Crippen molar-refractivity contribution in [1.82, 2.24) is 0 Å². The van der Waals surface area contributed by atoms with Crippen molar-refractivity contribution in [2.24, 2.45) is 0 Å². The summed E-state index contributed by atoms with van der Waals surface area (Å²) < 4.78 is 0. The normalized spacial score (nSPS) is 10.2. The number of amides is 1. The first-order valence-electron chi connectivity index (χ1n) is 6.60. The third-order valence-electron chi connectivity index (χ3n) is 3.02. The summed E-state index contributed by atoms with van der Waals surface area (Å²) in [7, 11) is 0. The zero-order valence-corrected chi connectivity index (χ0v) is 13.1. The number of nitrogens with one attached hydrogen (secondary N) is 2. The lowest BCUT2D eigenvalue weighted by atomic mass is 10.2. The maximum Gasteiger partial charge on any atom is 0.226 e. The van der Waals surface area contributed by atoms with Gasteiger partial charge in [-0.1, -0.05) is 41.4 Å². The first-order chi connectivity index (χ1) is 10.1. The van der Waals surface area contributed by atoms with Gasteiger partial charge in [-0.3, -0.25) is 4.79 Å². The molecule has 5 heteroatoms. The lowest BCUT2D eigenvalue weighted by molar-refractivity contribution is -0.115. The summed E-state index contributed by atoms with van der Waals surface area (Å²) in [5.41, 5.74) is 2.65.